The van der Waals surface area contributed by atoms with Gasteiger partial charge in [-0.15, -0.1) is 0 Å². The summed E-state index contributed by atoms with van der Waals surface area (Å²) in [5, 5.41) is 2.68. The van der Waals surface area contributed by atoms with Crippen molar-refractivity contribution >= 4 is 29.1 Å². The number of carbonyl (C=O) groups is 4. The fraction of sp³-hybridized carbons (Fsp3) is 0.217. The number of H-pyrrole nitrogens is 1. The Morgan fingerprint density at radius 1 is 1.10 bits per heavy atom. The molecule has 0 atom stereocenters. The molecule has 2 aromatic heterocycles. The van der Waals surface area contributed by atoms with E-state index in [0.29, 0.717) is 22.5 Å². The van der Waals surface area contributed by atoms with E-state index < -0.39 is 24.3 Å². The number of hydrogen-bond donors (Lipinski definition) is 2. The third-order valence-electron chi connectivity index (χ3n) is 4.87. The number of hydrogen-bond acceptors (Lipinski definition) is 6. The van der Waals surface area contributed by atoms with Gasteiger partial charge in [-0.3, -0.25) is 14.4 Å². The average Bonchev–Trinajstić information content (AvgIpc) is 3.35. The second-order valence-electron chi connectivity index (χ2n) is 7.14. The highest BCUT2D eigenvalue weighted by Gasteiger charge is 2.21. The molecule has 31 heavy (non-hydrogen) atoms. The van der Waals surface area contributed by atoms with Crippen LogP contribution in [0.3, 0.4) is 0 Å². The molecule has 0 aliphatic carbocycles. The van der Waals surface area contributed by atoms with Crippen molar-refractivity contribution in [1.29, 1.82) is 0 Å². The number of benzene rings is 1. The maximum atomic E-state index is 12.5. The predicted molar refractivity (Wildman–Crippen MR) is 113 cm³/mol. The summed E-state index contributed by atoms with van der Waals surface area (Å²) in [6.07, 6.45) is 1.39. The van der Waals surface area contributed by atoms with Crippen LogP contribution in [0.15, 0.2) is 41.0 Å². The van der Waals surface area contributed by atoms with Gasteiger partial charge in [-0.1, -0.05) is 6.07 Å². The Morgan fingerprint density at radius 2 is 1.84 bits per heavy atom. The zero-order valence-corrected chi connectivity index (χ0v) is 17.6. The van der Waals surface area contributed by atoms with Crippen LogP contribution >= 0.6 is 0 Å². The second kappa shape index (κ2) is 8.83. The summed E-state index contributed by atoms with van der Waals surface area (Å²) in [5.41, 5.74) is 3.17. The number of carbonyl (C=O) groups excluding carboxylic acids is 4. The number of anilines is 1. The Labute approximate surface area is 178 Å². The Morgan fingerprint density at radius 3 is 2.45 bits per heavy atom. The SMILES string of the molecule is CC(=O)c1c(C)[nH]c(C(=O)COC(=O)c2ccc(C)c(NC(=O)c3ccco3)c2)c1C. The van der Waals surface area contributed by atoms with Gasteiger partial charge in [-0.25, -0.2) is 4.79 Å². The van der Waals surface area contributed by atoms with Crippen molar-refractivity contribution in [1.82, 2.24) is 4.98 Å². The number of ether oxygens (including phenoxy) is 1. The van der Waals surface area contributed by atoms with Crippen LogP contribution in [-0.4, -0.2) is 35.0 Å². The van der Waals surface area contributed by atoms with Gasteiger partial charge in [0, 0.05) is 16.9 Å². The quantitative estimate of drug-likeness (QED) is 0.438. The van der Waals surface area contributed by atoms with Crippen molar-refractivity contribution in [3.8, 4) is 0 Å². The van der Waals surface area contributed by atoms with Crippen LogP contribution in [0.2, 0.25) is 0 Å². The van der Waals surface area contributed by atoms with E-state index in [9.17, 15) is 19.2 Å². The van der Waals surface area contributed by atoms with Gasteiger partial charge in [0.25, 0.3) is 5.91 Å². The number of rotatable bonds is 7. The van der Waals surface area contributed by atoms with Crippen molar-refractivity contribution in [3.63, 3.8) is 0 Å². The third-order valence-corrected chi connectivity index (χ3v) is 4.87. The molecular weight excluding hydrogens is 400 g/mol. The molecule has 0 aliphatic rings. The number of nitrogens with one attached hydrogen (secondary N) is 2. The number of ketones is 2. The summed E-state index contributed by atoms with van der Waals surface area (Å²) < 4.78 is 10.2. The Hall–Kier alpha value is -3.94. The van der Waals surface area contributed by atoms with Gasteiger partial charge < -0.3 is 19.5 Å². The number of Topliss-reactive ketones (excluding diaryl/α,β-unsaturated/α-hetero) is 2. The first kappa shape index (κ1) is 21.8. The molecule has 8 nitrogen and oxygen atoms in total. The predicted octanol–water partition coefficient (Wildman–Crippen LogP) is 4.03. The number of amides is 1. The second-order valence-corrected chi connectivity index (χ2v) is 7.14. The smallest absolute Gasteiger partial charge is 0.338 e. The Balaban J connectivity index is 1.70. The van der Waals surface area contributed by atoms with Gasteiger partial charge in [0.2, 0.25) is 5.78 Å². The molecule has 1 aromatic carbocycles. The Kier molecular flexibility index (Phi) is 6.20. The number of furan rings is 1. The van der Waals surface area contributed by atoms with E-state index in [0.717, 1.165) is 5.56 Å². The van der Waals surface area contributed by atoms with E-state index in [-0.39, 0.29) is 22.8 Å². The van der Waals surface area contributed by atoms with E-state index in [2.05, 4.69) is 10.3 Å². The molecule has 0 bridgehead atoms. The molecular formula is C23H22N2O6. The fourth-order valence-electron chi connectivity index (χ4n) is 3.32. The fourth-order valence-corrected chi connectivity index (χ4v) is 3.32. The minimum Gasteiger partial charge on any atom is -0.459 e. The maximum absolute atomic E-state index is 12.5. The van der Waals surface area contributed by atoms with E-state index in [1.807, 2.05) is 0 Å². The van der Waals surface area contributed by atoms with Crippen LogP contribution in [0, 0.1) is 20.8 Å². The molecule has 0 spiro atoms. The first-order valence-corrected chi connectivity index (χ1v) is 9.55. The summed E-state index contributed by atoms with van der Waals surface area (Å²) in [6.45, 7) is 6.09. The minimum atomic E-state index is -0.713. The largest absolute Gasteiger partial charge is 0.459 e. The topological polar surface area (TPSA) is 118 Å². The van der Waals surface area contributed by atoms with Crippen molar-refractivity contribution in [3.05, 3.63) is 76.0 Å². The van der Waals surface area contributed by atoms with E-state index in [1.165, 1.54) is 25.3 Å². The number of aromatic nitrogens is 1. The van der Waals surface area contributed by atoms with E-state index in [4.69, 9.17) is 9.15 Å². The van der Waals surface area contributed by atoms with Gasteiger partial charge in [0.1, 0.15) is 0 Å². The van der Waals surface area contributed by atoms with Gasteiger partial charge in [0.05, 0.1) is 17.5 Å². The van der Waals surface area contributed by atoms with Crippen LogP contribution in [-0.2, 0) is 4.74 Å². The molecule has 3 aromatic rings. The highest BCUT2D eigenvalue weighted by atomic mass is 16.5. The van der Waals surface area contributed by atoms with Crippen LogP contribution in [0.4, 0.5) is 5.69 Å². The number of aromatic amines is 1. The molecule has 0 aliphatic heterocycles. The lowest BCUT2D eigenvalue weighted by molar-refractivity contribution is 0.0473. The molecule has 0 saturated carbocycles. The average molecular weight is 422 g/mol. The highest BCUT2D eigenvalue weighted by molar-refractivity contribution is 6.05. The van der Waals surface area contributed by atoms with Gasteiger partial charge in [0.15, 0.2) is 18.2 Å². The number of aryl methyl sites for hydroxylation is 2. The van der Waals surface area contributed by atoms with Crippen molar-refractivity contribution in [2.75, 3.05) is 11.9 Å². The highest BCUT2D eigenvalue weighted by Crippen LogP contribution is 2.21. The van der Waals surface area contributed by atoms with E-state index in [1.54, 1.807) is 39.0 Å². The Bertz CT molecular complexity index is 1170. The summed E-state index contributed by atoms with van der Waals surface area (Å²) >= 11 is 0. The molecule has 0 unspecified atom stereocenters. The summed E-state index contributed by atoms with van der Waals surface area (Å²) in [7, 11) is 0. The van der Waals surface area contributed by atoms with Crippen LogP contribution in [0.1, 0.15) is 65.5 Å². The molecule has 8 heteroatoms. The molecule has 2 heterocycles. The normalized spacial score (nSPS) is 10.6. The third kappa shape index (κ3) is 4.63. The van der Waals surface area contributed by atoms with Crippen LogP contribution in [0.25, 0.3) is 0 Å². The lowest BCUT2D eigenvalue weighted by Gasteiger charge is -2.10. The molecule has 3 rings (SSSR count). The number of esters is 1. The standard InChI is InChI=1S/C23H22N2O6/c1-12-7-8-16(10-17(12)25-22(28)19-6-5-9-30-19)23(29)31-11-18(27)21-13(2)20(15(4)26)14(3)24-21/h5-10,24H,11H2,1-4H3,(H,25,28). The molecule has 0 saturated heterocycles. The molecule has 1 amide bonds. The van der Waals surface area contributed by atoms with Gasteiger partial charge in [-0.05, 0) is 63.1 Å². The van der Waals surface area contributed by atoms with Crippen molar-refractivity contribution < 1.29 is 28.3 Å². The van der Waals surface area contributed by atoms with E-state index >= 15 is 0 Å². The zero-order chi connectivity index (χ0) is 22.7. The van der Waals surface area contributed by atoms with Gasteiger partial charge >= 0.3 is 5.97 Å². The summed E-state index contributed by atoms with van der Waals surface area (Å²) in [6, 6.07) is 7.80. The van der Waals surface area contributed by atoms with Crippen LogP contribution < -0.4 is 5.32 Å². The lowest BCUT2D eigenvalue weighted by atomic mass is 10.1. The van der Waals surface area contributed by atoms with Crippen LogP contribution in [0.5, 0.6) is 0 Å². The van der Waals surface area contributed by atoms with Gasteiger partial charge in [-0.2, -0.15) is 0 Å². The van der Waals surface area contributed by atoms with Crippen molar-refractivity contribution in [2.24, 2.45) is 0 Å². The minimum absolute atomic E-state index is 0.138. The lowest BCUT2D eigenvalue weighted by Crippen LogP contribution is -2.16. The maximum Gasteiger partial charge on any atom is 0.338 e. The molecule has 160 valence electrons. The molecule has 2 N–H and O–H groups in total. The summed E-state index contributed by atoms with van der Waals surface area (Å²) in [5.74, 6) is -1.62. The van der Waals surface area contributed by atoms with Crippen molar-refractivity contribution in [2.45, 2.75) is 27.7 Å². The summed E-state index contributed by atoms with van der Waals surface area (Å²) in [4.78, 5) is 51.8. The molecule has 0 fully saturated rings. The first-order valence-electron chi connectivity index (χ1n) is 9.55. The first-order chi connectivity index (χ1) is 14.7. The monoisotopic (exact) mass is 422 g/mol. The zero-order valence-electron chi connectivity index (χ0n) is 17.6. The molecule has 0 radical (unpaired) electrons.